The van der Waals surface area contributed by atoms with Gasteiger partial charge in [0, 0.05) is 51.9 Å². The maximum atomic E-state index is 5.62. The molecule has 3 heterocycles. The Bertz CT molecular complexity index is 1080. The number of piperidine rings is 1. The van der Waals surface area contributed by atoms with Gasteiger partial charge in [-0.2, -0.15) is 0 Å². The summed E-state index contributed by atoms with van der Waals surface area (Å²) >= 11 is 3.50. The highest BCUT2D eigenvalue weighted by molar-refractivity contribution is 9.10. The van der Waals surface area contributed by atoms with Crippen LogP contribution in [0.25, 0.3) is 22.2 Å². The first-order valence-electron chi connectivity index (χ1n) is 10.6. The number of nitrogens with zero attached hydrogens (tertiary/aromatic N) is 4. The number of hydrogen-bond donors (Lipinski definition) is 1. The van der Waals surface area contributed by atoms with E-state index in [1.807, 2.05) is 24.3 Å². The van der Waals surface area contributed by atoms with Crippen LogP contribution in [0.3, 0.4) is 0 Å². The predicted octanol–water partition coefficient (Wildman–Crippen LogP) is 5.21. The summed E-state index contributed by atoms with van der Waals surface area (Å²) in [5.74, 6) is 1.62. The van der Waals surface area contributed by atoms with E-state index in [4.69, 9.17) is 4.74 Å². The van der Waals surface area contributed by atoms with Crippen molar-refractivity contribution >= 4 is 32.7 Å². The van der Waals surface area contributed by atoms with Gasteiger partial charge in [0.15, 0.2) is 5.82 Å². The summed E-state index contributed by atoms with van der Waals surface area (Å²) < 4.78 is 6.56. The third kappa shape index (κ3) is 4.67. The summed E-state index contributed by atoms with van der Waals surface area (Å²) in [5.41, 5.74) is 2.72. The molecule has 1 saturated heterocycles. The SMILES string of the molecule is COc1cc2ncc(Br)cc2cc1-c1ccc(N(C)C2CC(C)(C)NC(C)(C)C2)nn1. The van der Waals surface area contributed by atoms with Crippen molar-refractivity contribution in [1.29, 1.82) is 0 Å². The first-order chi connectivity index (χ1) is 14.6. The third-order valence-corrected chi connectivity index (χ3v) is 6.41. The first kappa shape index (κ1) is 22.0. The fourth-order valence-corrected chi connectivity index (χ4v) is 5.23. The van der Waals surface area contributed by atoms with Gasteiger partial charge in [0.05, 0.1) is 18.3 Å². The monoisotopic (exact) mass is 483 g/mol. The Kier molecular flexibility index (Phi) is 5.68. The van der Waals surface area contributed by atoms with Crippen LogP contribution >= 0.6 is 15.9 Å². The Morgan fingerprint density at radius 2 is 1.77 bits per heavy atom. The third-order valence-electron chi connectivity index (χ3n) is 5.97. The molecule has 0 radical (unpaired) electrons. The van der Waals surface area contributed by atoms with Crippen molar-refractivity contribution in [3.8, 4) is 17.0 Å². The van der Waals surface area contributed by atoms with E-state index in [-0.39, 0.29) is 11.1 Å². The van der Waals surface area contributed by atoms with Gasteiger partial charge in [0.2, 0.25) is 0 Å². The molecule has 7 heteroatoms. The number of halogens is 1. The average molecular weight is 484 g/mol. The molecule has 0 amide bonds. The van der Waals surface area contributed by atoms with E-state index < -0.39 is 0 Å². The molecule has 4 rings (SSSR count). The maximum absolute atomic E-state index is 5.62. The fraction of sp³-hybridized carbons (Fsp3) is 0.458. The van der Waals surface area contributed by atoms with Gasteiger partial charge in [0.1, 0.15) is 5.75 Å². The normalized spacial score (nSPS) is 18.2. The summed E-state index contributed by atoms with van der Waals surface area (Å²) in [7, 11) is 3.78. The molecule has 1 aromatic carbocycles. The zero-order valence-corrected chi connectivity index (χ0v) is 20.6. The zero-order valence-electron chi connectivity index (χ0n) is 19.0. The van der Waals surface area contributed by atoms with Gasteiger partial charge in [0.25, 0.3) is 0 Å². The number of hydrogen-bond acceptors (Lipinski definition) is 6. The minimum Gasteiger partial charge on any atom is -0.496 e. The lowest BCUT2D eigenvalue weighted by Gasteiger charge is -2.49. The summed E-state index contributed by atoms with van der Waals surface area (Å²) in [6.07, 6.45) is 3.89. The predicted molar refractivity (Wildman–Crippen MR) is 130 cm³/mol. The van der Waals surface area contributed by atoms with Gasteiger partial charge < -0.3 is 15.0 Å². The summed E-state index contributed by atoms with van der Waals surface area (Å²) in [6.45, 7) is 9.07. The molecule has 0 saturated carbocycles. The van der Waals surface area contributed by atoms with Gasteiger partial charge >= 0.3 is 0 Å². The number of nitrogens with one attached hydrogen (secondary N) is 1. The van der Waals surface area contributed by atoms with Crippen molar-refractivity contribution in [3.05, 3.63) is 41.0 Å². The Hall–Kier alpha value is -2.25. The van der Waals surface area contributed by atoms with E-state index in [2.05, 4.69) is 82.1 Å². The molecule has 1 aliphatic rings. The lowest BCUT2D eigenvalue weighted by atomic mass is 9.79. The van der Waals surface area contributed by atoms with Crippen LogP contribution in [0.15, 0.2) is 41.0 Å². The van der Waals surface area contributed by atoms with Crippen molar-refractivity contribution in [2.45, 2.75) is 57.7 Å². The molecule has 0 aliphatic carbocycles. The standard InChI is InChI=1S/C24H30BrN5O/c1-23(2)12-17(13-24(3,4)29-23)30(5)22-8-7-19(27-28-22)18-10-15-9-16(25)14-26-20(15)11-21(18)31-6/h7-11,14,17,29H,12-13H2,1-6H3. The summed E-state index contributed by atoms with van der Waals surface area (Å²) in [5, 5.41) is 13.9. The van der Waals surface area contributed by atoms with E-state index in [1.54, 1.807) is 13.3 Å². The van der Waals surface area contributed by atoms with Gasteiger partial charge in [-0.05, 0) is 80.7 Å². The van der Waals surface area contributed by atoms with Crippen LogP contribution in [0.1, 0.15) is 40.5 Å². The average Bonchev–Trinajstić information content (AvgIpc) is 2.70. The van der Waals surface area contributed by atoms with Gasteiger partial charge in [-0.15, -0.1) is 10.2 Å². The molecule has 0 bridgehead atoms. The molecular weight excluding hydrogens is 454 g/mol. The number of fused-ring (bicyclic) bond motifs is 1. The molecule has 1 N–H and O–H groups in total. The van der Waals surface area contributed by atoms with Gasteiger partial charge in [-0.3, -0.25) is 4.98 Å². The molecule has 0 atom stereocenters. The van der Waals surface area contributed by atoms with Crippen molar-refractivity contribution in [2.75, 3.05) is 19.1 Å². The second kappa shape index (κ2) is 8.02. The highest BCUT2D eigenvalue weighted by Crippen LogP contribution is 2.35. The van der Waals surface area contributed by atoms with Crippen LogP contribution in [0.2, 0.25) is 0 Å². The molecule has 164 valence electrons. The summed E-state index contributed by atoms with van der Waals surface area (Å²) in [4.78, 5) is 6.73. The largest absolute Gasteiger partial charge is 0.496 e. The molecule has 3 aromatic rings. The number of anilines is 1. The van der Waals surface area contributed by atoms with Crippen molar-refractivity contribution in [3.63, 3.8) is 0 Å². The number of rotatable bonds is 4. The molecular formula is C24H30BrN5O. The second-order valence-electron chi connectivity index (χ2n) is 9.74. The van der Waals surface area contributed by atoms with Crippen molar-refractivity contribution in [2.24, 2.45) is 0 Å². The quantitative estimate of drug-likeness (QED) is 0.549. The summed E-state index contributed by atoms with van der Waals surface area (Å²) in [6, 6.07) is 10.5. The lowest BCUT2D eigenvalue weighted by Crippen LogP contribution is -2.62. The minimum absolute atomic E-state index is 0.0782. The number of pyridine rings is 1. The molecule has 0 spiro atoms. The van der Waals surface area contributed by atoms with Gasteiger partial charge in [-0.25, -0.2) is 0 Å². The molecule has 31 heavy (non-hydrogen) atoms. The Balaban J connectivity index is 1.64. The van der Waals surface area contributed by atoms with Crippen LogP contribution in [0.4, 0.5) is 5.82 Å². The van der Waals surface area contributed by atoms with E-state index in [9.17, 15) is 0 Å². The van der Waals surface area contributed by atoms with Crippen LogP contribution in [0.5, 0.6) is 5.75 Å². The van der Waals surface area contributed by atoms with E-state index in [0.29, 0.717) is 6.04 Å². The maximum Gasteiger partial charge on any atom is 0.151 e. The van der Waals surface area contributed by atoms with Crippen LogP contribution < -0.4 is 15.0 Å². The van der Waals surface area contributed by atoms with E-state index in [1.165, 1.54) is 0 Å². The molecule has 6 nitrogen and oxygen atoms in total. The fourth-order valence-electron chi connectivity index (χ4n) is 4.89. The Morgan fingerprint density at radius 3 is 2.39 bits per heavy atom. The second-order valence-corrected chi connectivity index (χ2v) is 10.7. The number of aromatic nitrogens is 3. The van der Waals surface area contributed by atoms with Crippen LogP contribution in [0, 0.1) is 0 Å². The van der Waals surface area contributed by atoms with Crippen molar-refractivity contribution in [1.82, 2.24) is 20.5 Å². The highest BCUT2D eigenvalue weighted by Gasteiger charge is 2.39. The zero-order chi connectivity index (χ0) is 22.4. The first-order valence-corrected chi connectivity index (χ1v) is 11.4. The minimum atomic E-state index is 0.0782. The molecule has 1 aliphatic heterocycles. The molecule has 0 unspecified atom stereocenters. The Morgan fingerprint density at radius 1 is 1.06 bits per heavy atom. The van der Waals surface area contributed by atoms with Crippen LogP contribution in [-0.2, 0) is 0 Å². The topological polar surface area (TPSA) is 63.2 Å². The van der Waals surface area contributed by atoms with E-state index in [0.717, 1.165) is 51.0 Å². The Labute approximate surface area is 192 Å². The van der Waals surface area contributed by atoms with E-state index >= 15 is 0 Å². The number of benzene rings is 1. The van der Waals surface area contributed by atoms with Crippen LogP contribution in [-0.4, -0.2) is 46.5 Å². The number of methoxy groups -OCH3 is 1. The van der Waals surface area contributed by atoms with Crippen molar-refractivity contribution < 1.29 is 4.74 Å². The number of ether oxygens (including phenoxy) is 1. The smallest absolute Gasteiger partial charge is 0.151 e. The lowest BCUT2D eigenvalue weighted by molar-refractivity contribution is 0.160. The molecule has 2 aromatic heterocycles. The molecule has 1 fully saturated rings. The van der Waals surface area contributed by atoms with Gasteiger partial charge in [-0.1, -0.05) is 0 Å². The highest BCUT2D eigenvalue weighted by atomic mass is 79.9.